The SMILES string of the molecule is Cc1cc(C)c(Cl)c(N2c3ccccc3C3(C)CCC=CC23C)c1. The zero-order valence-electron chi connectivity index (χ0n) is 14.9. The summed E-state index contributed by atoms with van der Waals surface area (Å²) in [7, 11) is 0. The summed E-state index contributed by atoms with van der Waals surface area (Å²) in [5.41, 5.74) is 6.24. The van der Waals surface area contributed by atoms with Crippen LogP contribution in [-0.2, 0) is 5.41 Å². The van der Waals surface area contributed by atoms with Gasteiger partial charge in [-0.2, -0.15) is 0 Å². The topological polar surface area (TPSA) is 3.24 Å². The van der Waals surface area contributed by atoms with Crippen LogP contribution in [0.15, 0.2) is 48.6 Å². The molecule has 1 heterocycles. The number of para-hydroxylation sites is 1. The molecule has 124 valence electrons. The van der Waals surface area contributed by atoms with E-state index in [1.165, 1.54) is 16.8 Å². The summed E-state index contributed by atoms with van der Waals surface area (Å²) in [6, 6.07) is 13.2. The largest absolute Gasteiger partial charge is 0.330 e. The lowest BCUT2D eigenvalue weighted by atomic mass is 9.64. The standard InChI is InChI=1S/C22H24ClN/c1-15-13-16(2)20(23)19(14-15)24-18-10-6-5-9-17(18)21(3)11-7-8-12-22(21,24)4/h5-6,8-10,12-14H,7,11H2,1-4H3. The molecular weight excluding hydrogens is 314 g/mol. The zero-order chi connectivity index (χ0) is 17.1. The van der Waals surface area contributed by atoms with E-state index in [0.29, 0.717) is 0 Å². The smallest absolute Gasteiger partial charge is 0.0700 e. The van der Waals surface area contributed by atoms with Crippen LogP contribution >= 0.6 is 11.6 Å². The number of rotatable bonds is 1. The van der Waals surface area contributed by atoms with Crippen molar-refractivity contribution in [3.8, 4) is 0 Å². The predicted molar refractivity (Wildman–Crippen MR) is 104 cm³/mol. The molecule has 2 atom stereocenters. The van der Waals surface area contributed by atoms with E-state index in [1.54, 1.807) is 0 Å². The molecule has 2 unspecified atom stereocenters. The minimum atomic E-state index is -0.0984. The van der Waals surface area contributed by atoms with Gasteiger partial charge in [-0.25, -0.2) is 0 Å². The van der Waals surface area contributed by atoms with Gasteiger partial charge in [-0.15, -0.1) is 0 Å². The van der Waals surface area contributed by atoms with Crippen molar-refractivity contribution >= 4 is 23.0 Å². The number of anilines is 2. The molecular formula is C22H24ClN. The summed E-state index contributed by atoms with van der Waals surface area (Å²) >= 11 is 6.78. The van der Waals surface area contributed by atoms with Crippen LogP contribution in [0, 0.1) is 13.8 Å². The van der Waals surface area contributed by atoms with Crippen LogP contribution in [0.2, 0.25) is 5.02 Å². The van der Waals surface area contributed by atoms with Gasteiger partial charge in [0.1, 0.15) is 0 Å². The fourth-order valence-electron chi connectivity index (χ4n) is 4.71. The Labute approximate surface area is 149 Å². The Morgan fingerprint density at radius 1 is 1.04 bits per heavy atom. The van der Waals surface area contributed by atoms with Crippen molar-refractivity contribution in [1.29, 1.82) is 0 Å². The number of fused-ring (bicyclic) bond motifs is 3. The molecule has 0 fully saturated rings. The highest BCUT2D eigenvalue weighted by molar-refractivity contribution is 6.34. The van der Waals surface area contributed by atoms with E-state index in [2.05, 4.69) is 81.1 Å². The molecule has 0 amide bonds. The first-order valence-corrected chi connectivity index (χ1v) is 9.10. The van der Waals surface area contributed by atoms with Crippen molar-refractivity contribution < 1.29 is 0 Å². The highest BCUT2D eigenvalue weighted by Crippen LogP contribution is 2.59. The van der Waals surface area contributed by atoms with E-state index in [1.807, 2.05) is 0 Å². The number of benzene rings is 2. The van der Waals surface area contributed by atoms with Crippen molar-refractivity contribution in [2.45, 2.75) is 51.5 Å². The van der Waals surface area contributed by atoms with Crippen molar-refractivity contribution in [2.24, 2.45) is 0 Å². The first-order chi connectivity index (χ1) is 11.4. The minimum Gasteiger partial charge on any atom is -0.330 e. The van der Waals surface area contributed by atoms with Gasteiger partial charge in [0.2, 0.25) is 0 Å². The second-order valence-corrected chi connectivity index (χ2v) is 8.07. The normalized spacial score (nSPS) is 28.0. The molecule has 24 heavy (non-hydrogen) atoms. The lowest BCUT2D eigenvalue weighted by molar-refractivity contribution is 0.303. The molecule has 1 aliphatic carbocycles. The third-order valence-corrected chi connectivity index (χ3v) is 6.69. The average Bonchev–Trinajstić information content (AvgIpc) is 2.76. The summed E-state index contributed by atoms with van der Waals surface area (Å²) in [5, 5.41) is 0.861. The van der Waals surface area contributed by atoms with Crippen LogP contribution in [0.3, 0.4) is 0 Å². The van der Waals surface area contributed by atoms with E-state index >= 15 is 0 Å². The fourth-order valence-corrected chi connectivity index (χ4v) is 4.90. The van der Waals surface area contributed by atoms with Gasteiger partial charge < -0.3 is 4.90 Å². The molecule has 2 aromatic carbocycles. The van der Waals surface area contributed by atoms with Crippen molar-refractivity contribution in [1.82, 2.24) is 0 Å². The maximum atomic E-state index is 6.78. The van der Waals surface area contributed by atoms with Gasteiger partial charge in [-0.05, 0) is 62.4 Å². The molecule has 2 aromatic rings. The highest BCUT2D eigenvalue weighted by atomic mass is 35.5. The van der Waals surface area contributed by atoms with Gasteiger partial charge >= 0.3 is 0 Å². The Kier molecular flexibility index (Phi) is 3.37. The number of hydrogen-bond donors (Lipinski definition) is 0. The first-order valence-electron chi connectivity index (χ1n) is 8.73. The van der Waals surface area contributed by atoms with Gasteiger partial charge in [0.25, 0.3) is 0 Å². The number of nitrogens with zero attached hydrogens (tertiary/aromatic N) is 1. The lowest BCUT2D eigenvalue weighted by Crippen LogP contribution is -2.52. The number of allylic oxidation sites excluding steroid dienone is 1. The van der Waals surface area contributed by atoms with Crippen molar-refractivity contribution in [3.05, 3.63) is 70.3 Å². The molecule has 0 spiro atoms. The quantitative estimate of drug-likeness (QED) is 0.538. The van der Waals surface area contributed by atoms with E-state index in [-0.39, 0.29) is 11.0 Å². The fraction of sp³-hybridized carbons (Fsp3) is 0.364. The Balaban J connectivity index is 2.05. The lowest BCUT2D eigenvalue weighted by Gasteiger charge is -2.47. The third kappa shape index (κ3) is 1.88. The van der Waals surface area contributed by atoms with Gasteiger partial charge in [0, 0.05) is 11.1 Å². The van der Waals surface area contributed by atoms with Crippen LogP contribution in [0.1, 0.15) is 43.4 Å². The summed E-state index contributed by atoms with van der Waals surface area (Å²) < 4.78 is 0. The summed E-state index contributed by atoms with van der Waals surface area (Å²) in [5.74, 6) is 0. The summed E-state index contributed by atoms with van der Waals surface area (Å²) in [6.07, 6.45) is 7.02. The van der Waals surface area contributed by atoms with Crippen molar-refractivity contribution in [2.75, 3.05) is 4.90 Å². The van der Waals surface area contributed by atoms with E-state index in [9.17, 15) is 0 Å². The number of halogens is 1. The monoisotopic (exact) mass is 337 g/mol. The number of hydrogen-bond acceptors (Lipinski definition) is 1. The summed E-state index contributed by atoms with van der Waals surface area (Å²) in [4.78, 5) is 2.47. The van der Waals surface area contributed by atoms with Crippen LogP contribution in [0.25, 0.3) is 0 Å². The van der Waals surface area contributed by atoms with Gasteiger partial charge in [0.15, 0.2) is 0 Å². The number of aryl methyl sites for hydroxylation is 2. The Hall–Kier alpha value is -1.73. The molecule has 2 aliphatic rings. The van der Waals surface area contributed by atoms with Crippen LogP contribution in [0.4, 0.5) is 11.4 Å². The molecule has 0 saturated carbocycles. The second kappa shape index (κ2) is 5.13. The maximum absolute atomic E-state index is 6.78. The minimum absolute atomic E-state index is 0.0966. The summed E-state index contributed by atoms with van der Waals surface area (Å²) in [6.45, 7) is 9.01. The van der Waals surface area contributed by atoms with Crippen molar-refractivity contribution in [3.63, 3.8) is 0 Å². The second-order valence-electron chi connectivity index (χ2n) is 7.69. The first kappa shape index (κ1) is 15.8. The molecule has 4 rings (SSSR count). The predicted octanol–water partition coefficient (Wildman–Crippen LogP) is 6.47. The van der Waals surface area contributed by atoms with E-state index in [0.717, 1.165) is 29.1 Å². The van der Waals surface area contributed by atoms with Crippen LogP contribution in [0.5, 0.6) is 0 Å². The van der Waals surface area contributed by atoms with E-state index in [4.69, 9.17) is 11.6 Å². The maximum Gasteiger partial charge on any atom is 0.0700 e. The molecule has 2 heteroatoms. The average molecular weight is 338 g/mol. The Morgan fingerprint density at radius 2 is 1.79 bits per heavy atom. The Morgan fingerprint density at radius 3 is 2.58 bits per heavy atom. The molecule has 1 aliphatic heterocycles. The Bertz CT molecular complexity index is 853. The van der Waals surface area contributed by atoms with Crippen LogP contribution < -0.4 is 4.90 Å². The molecule has 0 radical (unpaired) electrons. The molecule has 0 aromatic heterocycles. The van der Waals surface area contributed by atoms with Gasteiger partial charge in [0.05, 0.1) is 16.2 Å². The van der Waals surface area contributed by atoms with Gasteiger partial charge in [-0.3, -0.25) is 0 Å². The van der Waals surface area contributed by atoms with E-state index < -0.39 is 0 Å². The molecule has 0 saturated heterocycles. The molecule has 0 N–H and O–H groups in total. The highest BCUT2D eigenvalue weighted by Gasteiger charge is 2.56. The molecule has 0 bridgehead atoms. The van der Waals surface area contributed by atoms with Crippen LogP contribution in [-0.4, -0.2) is 5.54 Å². The third-order valence-electron chi connectivity index (χ3n) is 6.19. The zero-order valence-corrected chi connectivity index (χ0v) is 15.6. The van der Waals surface area contributed by atoms with Gasteiger partial charge in [-0.1, -0.05) is 54.9 Å². The molecule has 1 nitrogen and oxygen atoms in total.